The van der Waals surface area contributed by atoms with Crippen molar-refractivity contribution in [3.05, 3.63) is 23.3 Å². The van der Waals surface area contributed by atoms with Crippen LogP contribution in [0.2, 0.25) is 0 Å². The van der Waals surface area contributed by atoms with Crippen molar-refractivity contribution in [2.45, 2.75) is 27.1 Å². The van der Waals surface area contributed by atoms with E-state index >= 15 is 0 Å². The number of rotatable bonds is 4. The van der Waals surface area contributed by atoms with Gasteiger partial charge >= 0.3 is 5.97 Å². The van der Waals surface area contributed by atoms with Gasteiger partial charge in [-0.05, 0) is 26.3 Å². The first kappa shape index (κ1) is 13.4. The second-order valence-corrected chi connectivity index (χ2v) is 3.10. The molecule has 5 nitrogen and oxygen atoms in total. The molecule has 0 fully saturated rings. The molecule has 0 rings (SSSR count). The fourth-order valence-electron chi connectivity index (χ4n) is 0.790. The summed E-state index contributed by atoms with van der Waals surface area (Å²) in [6.45, 7) is 7.77. The Morgan fingerprint density at radius 1 is 1.33 bits per heavy atom. The average molecular weight is 213 g/mol. The molecule has 0 aromatic rings. The normalized spacial score (nSPS) is 13.9. The van der Waals surface area contributed by atoms with Crippen LogP contribution in [-0.2, 0) is 14.3 Å². The molecule has 0 aliphatic heterocycles. The van der Waals surface area contributed by atoms with E-state index in [-0.39, 0.29) is 11.1 Å². The van der Waals surface area contributed by atoms with Crippen molar-refractivity contribution in [1.29, 1.82) is 0 Å². The molecule has 0 radical (unpaired) electrons. The number of aliphatic hydroxyl groups excluding tert-OH is 1. The summed E-state index contributed by atoms with van der Waals surface area (Å²) in [5.41, 5.74) is 5.64. The number of ether oxygens (including phenoxy) is 1. The lowest BCUT2D eigenvalue weighted by atomic mass is 10.0. The summed E-state index contributed by atoms with van der Waals surface area (Å²) in [6.07, 6.45) is -1.21. The van der Waals surface area contributed by atoms with Gasteiger partial charge in [0.25, 0.3) is 0 Å². The lowest BCUT2D eigenvalue weighted by Crippen LogP contribution is -2.19. The third-order valence-electron chi connectivity index (χ3n) is 1.91. The van der Waals surface area contributed by atoms with Crippen molar-refractivity contribution in [1.82, 2.24) is 0 Å². The fraction of sp³-hybridized carbons (Fsp3) is 0.400. The van der Waals surface area contributed by atoms with E-state index in [0.717, 1.165) is 0 Å². The molecule has 3 N–H and O–H groups in total. The van der Waals surface area contributed by atoms with Crippen molar-refractivity contribution in [3.63, 3.8) is 0 Å². The van der Waals surface area contributed by atoms with Crippen molar-refractivity contribution in [2.24, 2.45) is 5.73 Å². The quantitative estimate of drug-likeness (QED) is 0.303. The molecular weight excluding hydrogens is 198 g/mol. The van der Waals surface area contributed by atoms with Gasteiger partial charge in [0.15, 0.2) is 6.29 Å². The lowest BCUT2D eigenvalue weighted by Gasteiger charge is -2.10. The average Bonchev–Trinajstić information content (AvgIpc) is 2.13. The molecule has 84 valence electrons. The summed E-state index contributed by atoms with van der Waals surface area (Å²) >= 11 is 0. The van der Waals surface area contributed by atoms with Gasteiger partial charge in [-0.2, -0.15) is 0 Å². The van der Waals surface area contributed by atoms with Crippen LogP contribution in [0.3, 0.4) is 0 Å². The van der Waals surface area contributed by atoms with E-state index in [4.69, 9.17) is 10.8 Å². The number of hydrogen-bond acceptors (Lipinski definition) is 4. The van der Waals surface area contributed by atoms with Gasteiger partial charge in [-0.1, -0.05) is 6.58 Å². The molecule has 0 heterocycles. The standard InChI is InChI=1S/C10H15NO4/c1-5(6(2)9(11)13)7(3)10(14)15-8(4)12/h8,12H,3H2,1-2,4H3,(H2,11,13)/b6-5+. The van der Waals surface area contributed by atoms with Gasteiger partial charge in [0.1, 0.15) is 0 Å². The maximum absolute atomic E-state index is 11.3. The van der Waals surface area contributed by atoms with Crippen molar-refractivity contribution in [3.8, 4) is 0 Å². The highest BCUT2D eigenvalue weighted by molar-refractivity contribution is 5.99. The number of carbonyl (C=O) groups is 2. The van der Waals surface area contributed by atoms with E-state index in [2.05, 4.69) is 11.3 Å². The van der Waals surface area contributed by atoms with Crippen LogP contribution in [0.25, 0.3) is 0 Å². The largest absolute Gasteiger partial charge is 0.433 e. The third-order valence-corrected chi connectivity index (χ3v) is 1.91. The van der Waals surface area contributed by atoms with E-state index in [1.807, 2.05) is 0 Å². The summed E-state index contributed by atoms with van der Waals surface area (Å²) in [6, 6.07) is 0. The molecule has 0 bridgehead atoms. The van der Waals surface area contributed by atoms with Gasteiger partial charge in [0, 0.05) is 5.57 Å². The molecule has 0 aliphatic rings. The van der Waals surface area contributed by atoms with Crippen molar-refractivity contribution < 1.29 is 19.4 Å². The molecule has 0 aliphatic carbocycles. The third kappa shape index (κ3) is 3.95. The first-order valence-electron chi connectivity index (χ1n) is 4.33. The molecule has 1 amide bonds. The minimum atomic E-state index is -1.21. The van der Waals surface area contributed by atoms with Crippen LogP contribution in [0.1, 0.15) is 20.8 Å². The second kappa shape index (κ2) is 5.31. The van der Waals surface area contributed by atoms with Gasteiger partial charge in [0.2, 0.25) is 5.91 Å². The van der Waals surface area contributed by atoms with E-state index in [0.29, 0.717) is 5.57 Å². The summed E-state index contributed by atoms with van der Waals surface area (Å²) < 4.78 is 4.49. The zero-order chi connectivity index (χ0) is 12.2. The van der Waals surface area contributed by atoms with E-state index in [1.165, 1.54) is 20.8 Å². The highest BCUT2D eigenvalue weighted by Gasteiger charge is 2.15. The van der Waals surface area contributed by atoms with Crippen molar-refractivity contribution in [2.75, 3.05) is 0 Å². The number of carbonyl (C=O) groups excluding carboxylic acids is 2. The topological polar surface area (TPSA) is 89.6 Å². The van der Waals surface area contributed by atoms with Gasteiger partial charge in [-0.15, -0.1) is 0 Å². The Hall–Kier alpha value is -1.62. The first-order chi connectivity index (χ1) is 6.77. The van der Waals surface area contributed by atoms with E-state index in [9.17, 15) is 9.59 Å². The van der Waals surface area contributed by atoms with Crippen LogP contribution in [0.5, 0.6) is 0 Å². The molecule has 1 atom stereocenters. The monoisotopic (exact) mass is 213 g/mol. The molecule has 0 saturated heterocycles. The number of nitrogens with two attached hydrogens (primary N) is 1. The SMILES string of the molecule is C=C(C(=O)OC(C)O)/C(C)=C(\C)C(N)=O. The number of primary amides is 1. The minimum absolute atomic E-state index is 0.00667. The van der Waals surface area contributed by atoms with Crippen LogP contribution in [0.4, 0.5) is 0 Å². The zero-order valence-electron chi connectivity index (χ0n) is 9.03. The fourth-order valence-corrected chi connectivity index (χ4v) is 0.790. The predicted octanol–water partition coefficient (Wildman–Crippen LogP) is 0.246. The van der Waals surface area contributed by atoms with Crippen LogP contribution in [0.15, 0.2) is 23.3 Å². The summed E-state index contributed by atoms with van der Waals surface area (Å²) in [5, 5.41) is 8.81. The van der Waals surface area contributed by atoms with Crippen LogP contribution < -0.4 is 5.73 Å². The molecule has 1 unspecified atom stereocenters. The smallest absolute Gasteiger partial charge is 0.340 e. The molecular formula is C10H15NO4. The van der Waals surface area contributed by atoms with E-state index in [1.54, 1.807) is 0 Å². The molecule has 0 spiro atoms. The Bertz CT molecular complexity index is 328. The predicted molar refractivity (Wildman–Crippen MR) is 54.5 cm³/mol. The Balaban J connectivity index is 4.80. The maximum Gasteiger partial charge on any atom is 0.340 e. The highest BCUT2D eigenvalue weighted by Crippen LogP contribution is 2.14. The van der Waals surface area contributed by atoms with Gasteiger partial charge < -0.3 is 15.6 Å². The number of amides is 1. The first-order valence-corrected chi connectivity index (χ1v) is 4.33. The van der Waals surface area contributed by atoms with Gasteiger partial charge in [-0.3, -0.25) is 4.79 Å². The minimum Gasteiger partial charge on any atom is -0.433 e. The van der Waals surface area contributed by atoms with Gasteiger partial charge in [0.05, 0.1) is 5.57 Å². The van der Waals surface area contributed by atoms with Gasteiger partial charge in [-0.25, -0.2) is 4.79 Å². The van der Waals surface area contributed by atoms with Crippen LogP contribution in [-0.4, -0.2) is 23.3 Å². The van der Waals surface area contributed by atoms with Crippen LogP contribution in [0, 0.1) is 0 Å². The number of esters is 1. The van der Waals surface area contributed by atoms with Crippen molar-refractivity contribution >= 4 is 11.9 Å². The zero-order valence-corrected chi connectivity index (χ0v) is 9.03. The molecule has 15 heavy (non-hydrogen) atoms. The lowest BCUT2D eigenvalue weighted by molar-refractivity contribution is -0.159. The number of aliphatic hydroxyl groups is 1. The molecule has 0 aromatic carbocycles. The summed E-state index contributed by atoms with van der Waals surface area (Å²) in [4.78, 5) is 22.1. The Morgan fingerprint density at radius 2 is 1.80 bits per heavy atom. The van der Waals surface area contributed by atoms with Crippen LogP contribution >= 0.6 is 0 Å². The Labute approximate surface area is 88.2 Å². The molecule has 0 aromatic heterocycles. The Kier molecular flexibility index (Phi) is 4.73. The van der Waals surface area contributed by atoms with E-state index < -0.39 is 18.2 Å². The highest BCUT2D eigenvalue weighted by atomic mass is 16.6. The summed E-state index contributed by atoms with van der Waals surface area (Å²) in [5.74, 6) is -1.40. The number of hydrogen-bond donors (Lipinski definition) is 2. The molecule has 5 heteroatoms. The second-order valence-electron chi connectivity index (χ2n) is 3.10. The Morgan fingerprint density at radius 3 is 2.13 bits per heavy atom. The maximum atomic E-state index is 11.3. The molecule has 0 saturated carbocycles. The summed E-state index contributed by atoms with van der Waals surface area (Å²) in [7, 11) is 0.